The van der Waals surface area contributed by atoms with Crippen molar-refractivity contribution < 1.29 is 4.79 Å². The number of aryl methyl sites for hydroxylation is 1. The number of carbonyl (C=O) groups is 1. The smallest absolute Gasteiger partial charge is 0.242 e. The van der Waals surface area contributed by atoms with Crippen LogP contribution in [-0.4, -0.2) is 23.4 Å². The molecule has 106 valence electrons. The monoisotopic (exact) mass is 280 g/mol. The van der Waals surface area contributed by atoms with Crippen molar-refractivity contribution in [2.75, 3.05) is 7.05 Å². The number of amides is 1. The molecule has 0 aliphatic heterocycles. The average Bonchev–Trinajstić information content (AvgIpc) is 2.83. The molecule has 2 N–H and O–H groups in total. The van der Waals surface area contributed by atoms with E-state index in [9.17, 15) is 4.79 Å². The van der Waals surface area contributed by atoms with Crippen LogP contribution in [0.4, 0.5) is 0 Å². The largest absolute Gasteiger partial charge is 0.337 e. The van der Waals surface area contributed by atoms with Gasteiger partial charge in [0, 0.05) is 16.8 Å². The lowest BCUT2D eigenvalue weighted by Crippen LogP contribution is -2.55. The molecule has 1 aliphatic rings. The quantitative estimate of drug-likeness (QED) is 0.924. The molecule has 2 rings (SSSR count). The van der Waals surface area contributed by atoms with E-state index in [1.165, 1.54) is 16.2 Å². The Kier molecular flexibility index (Phi) is 4.31. The summed E-state index contributed by atoms with van der Waals surface area (Å²) in [6.45, 7) is 4.17. The van der Waals surface area contributed by atoms with Crippen LogP contribution in [0.15, 0.2) is 12.1 Å². The fourth-order valence-electron chi connectivity index (χ4n) is 2.79. The van der Waals surface area contributed by atoms with Crippen molar-refractivity contribution in [3.8, 4) is 0 Å². The van der Waals surface area contributed by atoms with Gasteiger partial charge in [0.2, 0.25) is 5.91 Å². The Balaban J connectivity index is 2.10. The van der Waals surface area contributed by atoms with Crippen molar-refractivity contribution >= 4 is 17.2 Å². The number of nitrogens with two attached hydrogens (primary N) is 1. The predicted molar refractivity (Wildman–Crippen MR) is 80.2 cm³/mol. The molecule has 19 heavy (non-hydrogen) atoms. The van der Waals surface area contributed by atoms with E-state index >= 15 is 0 Å². The van der Waals surface area contributed by atoms with Crippen LogP contribution in [0.5, 0.6) is 0 Å². The summed E-state index contributed by atoms with van der Waals surface area (Å²) in [6.07, 6.45) is 5.00. The molecule has 3 nitrogen and oxygen atoms in total. The Morgan fingerprint density at radius 2 is 2.00 bits per heavy atom. The second-order valence-corrected chi connectivity index (χ2v) is 7.08. The Bertz CT molecular complexity index is 449. The summed E-state index contributed by atoms with van der Waals surface area (Å²) < 4.78 is 0. The lowest BCUT2D eigenvalue weighted by molar-refractivity contribution is -0.138. The Morgan fingerprint density at radius 3 is 2.53 bits per heavy atom. The van der Waals surface area contributed by atoms with E-state index in [0.29, 0.717) is 0 Å². The Morgan fingerprint density at radius 1 is 1.37 bits per heavy atom. The molecule has 1 amide bonds. The van der Waals surface area contributed by atoms with Gasteiger partial charge in [0.05, 0.1) is 11.6 Å². The molecule has 1 aliphatic carbocycles. The Hall–Kier alpha value is -0.870. The van der Waals surface area contributed by atoms with E-state index in [0.717, 1.165) is 25.7 Å². The van der Waals surface area contributed by atoms with E-state index in [1.54, 1.807) is 11.3 Å². The van der Waals surface area contributed by atoms with Crippen LogP contribution in [0.25, 0.3) is 0 Å². The lowest BCUT2D eigenvalue weighted by Gasteiger charge is -2.37. The minimum Gasteiger partial charge on any atom is -0.337 e. The first kappa shape index (κ1) is 14.5. The van der Waals surface area contributed by atoms with Gasteiger partial charge in [-0.3, -0.25) is 4.79 Å². The van der Waals surface area contributed by atoms with Gasteiger partial charge in [0.1, 0.15) is 0 Å². The number of hydrogen-bond acceptors (Lipinski definition) is 3. The zero-order valence-electron chi connectivity index (χ0n) is 12.1. The van der Waals surface area contributed by atoms with Gasteiger partial charge < -0.3 is 10.6 Å². The highest BCUT2D eigenvalue weighted by Crippen LogP contribution is 2.32. The summed E-state index contributed by atoms with van der Waals surface area (Å²) in [6, 6.07) is 4.32. The molecule has 1 aromatic heterocycles. The first-order chi connectivity index (χ1) is 8.94. The molecule has 0 radical (unpaired) electrons. The fraction of sp³-hybridized carbons (Fsp3) is 0.667. The molecule has 1 unspecified atom stereocenters. The molecule has 0 saturated heterocycles. The van der Waals surface area contributed by atoms with Crippen molar-refractivity contribution in [1.82, 2.24) is 4.90 Å². The second-order valence-electron chi connectivity index (χ2n) is 5.76. The van der Waals surface area contributed by atoms with Crippen molar-refractivity contribution in [1.29, 1.82) is 0 Å². The third kappa shape index (κ3) is 3.00. The number of nitrogens with zero attached hydrogens (tertiary/aromatic N) is 1. The van der Waals surface area contributed by atoms with Crippen LogP contribution in [0, 0.1) is 6.92 Å². The van der Waals surface area contributed by atoms with Crippen LogP contribution in [-0.2, 0) is 4.79 Å². The fourth-order valence-corrected chi connectivity index (χ4v) is 3.77. The molecule has 4 heteroatoms. The molecule has 1 aromatic rings. The van der Waals surface area contributed by atoms with Crippen LogP contribution in [0.2, 0.25) is 0 Å². The van der Waals surface area contributed by atoms with Gasteiger partial charge in [-0.1, -0.05) is 19.3 Å². The first-order valence-electron chi connectivity index (χ1n) is 7.06. The van der Waals surface area contributed by atoms with Crippen LogP contribution >= 0.6 is 11.3 Å². The third-order valence-electron chi connectivity index (χ3n) is 4.25. The highest BCUT2D eigenvalue weighted by Gasteiger charge is 2.38. The van der Waals surface area contributed by atoms with Gasteiger partial charge in [-0.05, 0) is 38.8 Å². The van der Waals surface area contributed by atoms with Crippen molar-refractivity contribution in [3.05, 3.63) is 21.9 Å². The van der Waals surface area contributed by atoms with E-state index in [-0.39, 0.29) is 11.9 Å². The van der Waals surface area contributed by atoms with E-state index in [1.807, 2.05) is 11.9 Å². The van der Waals surface area contributed by atoms with E-state index < -0.39 is 5.54 Å². The Labute approximate surface area is 119 Å². The van der Waals surface area contributed by atoms with Gasteiger partial charge >= 0.3 is 0 Å². The number of hydrogen-bond donors (Lipinski definition) is 1. The number of rotatable bonds is 3. The normalized spacial score (nSPS) is 20.0. The maximum absolute atomic E-state index is 12.6. The van der Waals surface area contributed by atoms with Gasteiger partial charge in [0.15, 0.2) is 0 Å². The summed E-state index contributed by atoms with van der Waals surface area (Å²) in [5, 5.41) is 0. The molecule has 1 atom stereocenters. The molecule has 0 spiro atoms. The molecule has 0 aromatic carbocycles. The minimum atomic E-state index is -0.631. The maximum Gasteiger partial charge on any atom is 0.242 e. The van der Waals surface area contributed by atoms with E-state index in [4.69, 9.17) is 5.73 Å². The van der Waals surface area contributed by atoms with Gasteiger partial charge in [0.25, 0.3) is 0 Å². The summed E-state index contributed by atoms with van der Waals surface area (Å²) in [5.74, 6) is 0.103. The second kappa shape index (κ2) is 5.63. The van der Waals surface area contributed by atoms with Crippen molar-refractivity contribution in [2.24, 2.45) is 5.73 Å². The topological polar surface area (TPSA) is 46.3 Å². The lowest BCUT2D eigenvalue weighted by atomic mass is 9.81. The standard InChI is InChI=1S/C15H24N2OS/c1-11-7-8-13(19-11)12(2)17(3)14(18)15(16)9-5-4-6-10-15/h7-8,12H,4-6,9-10,16H2,1-3H3. The number of carbonyl (C=O) groups excluding carboxylic acids is 1. The van der Waals surface area contributed by atoms with Gasteiger partial charge in [-0.25, -0.2) is 0 Å². The molecule has 1 saturated carbocycles. The summed E-state index contributed by atoms with van der Waals surface area (Å²) >= 11 is 1.75. The van der Waals surface area contributed by atoms with Gasteiger partial charge in [-0.15, -0.1) is 11.3 Å². The van der Waals surface area contributed by atoms with Gasteiger partial charge in [-0.2, -0.15) is 0 Å². The number of likely N-dealkylation sites (N-methyl/N-ethyl adjacent to an activating group) is 1. The maximum atomic E-state index is 12.6. The predicted octanol–water partition coefficient (Wildman–Crippen LogP) is 3.24. The highest BCUT2D eigenvalue weighted by atomic mass is 32.1. The zero-order chi connectivity index (χ0) is 14.0. The molecule has 0 bridgehead atoms. The van der Waals surface area contributed by atoms with Crippen molar-refractivity contribution in [3.63, 3.8) is 0 Å². The zero-order valence-corrected chi connectivity index (χ0v) is 12.9. The summed E-state index contributed by atoms with van der Waals surface area (Å²) in [5.41, 5.74) is 5.71. The first-order valence-corrected chi connectivity index (χ1v) is 7.88. The molecule has 1 heterocycles. The highest BCUT2D eigenvalue weighted by molar-refractivity contribution is 7.12. The van der Waals surface area contributed by atoms with E-state index in [2.05, 4.69) is 26.0 Å². The molecular weight excluding hydrogens is 256 g/mol. The average molecular weight is 280 g/mol. The summed E-state index contributed by atoms with van der Waals surface area (Å²) in [4.78, 5) is 17.0. The molecule has 1 fully saturated rings. The van der Waals surface area contributed by atoms with Crippen LogP contribution in [0.3, 0.4) is 0 Å². The van der Waals surface area contributed by atoms with Crippen LogP contribution in [0.1, 0.15) is 54.8 Å². The van der Waals surface area contributed by atoms with Crippen molar-refractivity contribution in [2.45, 2.75) is 57.5 Å². The SMILES string of the molecule is Cc1ccc(C(C)N(C)C(=O)C2(N)CCCCC2)s1. The number of thiophene rings is 1. The minimum absolute atomic E-state index is 0.103. The molecular formula is C15H24N2OS. The third-order valence-corrected chi connectivity index (χ3v) is 5.42. The van der Waals surface area contributed by atoms with Crippen LogP contribution < -0.4 is 5.73 Å². The summed E-state index contributed by atoms with van der Waals surface area (Å²) in [7, 11) is 1.88.